The summed E-state index contributed by atoms with van der Waals surface area (Å²) >= 11 is 5.94. The van der Waals surface area contributed by atoms with Crippen LogP contribution in [-0.4, -0.2) is 37.6 Å². The first-order chi connectivity index (χ1) is 12.0. The van der Waals surface area contributed by atoms with Crippen LogP contribution in [0, 0.1) is 0 Å². The molecule has 3 rings (SSSR count). The maximum absolute atomic E-state index is 12.6. The topological polar surface area (TPSA) is 54.5 Å². The minimum Gasteiger partial charge on any atom is -0.339 e. The monoisotopic (exact) mass is 377 g/mol. The van der Waals surface area contributed by atoms with Crippen molar-refractivity contribution >= 4 is 27.3 Å². The van der Waals surface area contributed by atoms with E-state index in [0.717, 1.165) is 5.56 Å². The van der Waals surface area contributed by atoms with Gasteiger partial charge in [-0.05, 0) is 36.6 Å². The van der Waals surface area contributed by atoms with Gasteiger partial charge in [-0.15, -0.1) is 0 Å². The van der Waals surface area contributed by atoms with Gasteiger partial charge in [0.1, 0.15) is 0 Å². The van der Waals surface area contributed by atoms with E-state index in [-0.39, 0.29) is 11.7 Å². The van der Waals surface area contributed by atoms with Crippen molar-refractivity contribution in [1.29, 1.82) is 0 Å². The van der Waals surface area contributed by atoms with E-state index in [1.807, 2.05) is 30.3 Å². The second kappa shape index (κ2) is 7.58. The normalized spacial score (nSPS) is 16.0. The molecule has 0 aliphatic carbocycles. The maximum Gasteiger partial charge on any atom is 0.253 e. The zero-order valence-electron chi connectivity index (χ0n) is 13.8. The van der Waals surface area contributed by atoms with Crippen molar-refractivity contribution in [2.75, 3.05) is 13.1 Å². The second-order valence-corrected chi connectivity index (χ2v) is 9.01. The molecule has 0 atom stereocenters. The molecule has 2 aromatic carbocycles. The van der Waals surface area contributed by atoms with E-state index in [9.17, 15) is 13.2 Å². The number of nitrogens with zero attached hydrogens (tertiary/aromatic N) is 1. The molecule has 25 heavy (non-hydrogen) atoms. The van der Waals surface area contributed by atoms with E-state index < -0.39 is 15.1 Å². The summed E-state index contributed by atoms with van der Waals surface area (Å²) in [5.41, 5.74) is 1.35. The number of carbonyl (C=O) groups is 1. The van der Waals surface area contributed by atoms with Gasteiger partial charge in [0.25, 0.3) is 5.91 Å². The summed E-state index contributed by atoms with van der Waals surface area (Å²) in [5, 5.41) is 0.127. The molecule has 6 heteroatoms. The van der Waals surface area contributed by atoms with Crippen molar-refractivity contribution in [2.24, 2.45) is 0 Å². The fraction of sp³-hybridized carbons (Fsp3) is 0.316. The molecule has 2 aromatic rings. The van der Waals surface area contributed by atoms with Gasteiger partial charge < -0.3 is 4.90 Å². The van der Waals surface area contributed by atoms with E-state index >= 15 is 0 Å². The highest BCUT2D eigenvalue weighted by Crippen LogP contribution is 2.23. The minimum atomic E-state index is -3.22. The lowest BCUT2D eigenvalue weighted by Gasteiger charge is -2.32. The molecule has 1 saturated heterocycles. The third kappa shape index (κ3) is 4.41. The Morgan fingerprint density at radius 1 is 1.04 bits per heavy atom. The largest absolute Gasteiger partial charge is 0.339 e. The Morgan fingerprint density at radius 2 is 1.72 bits per heavy atom. The molecule has 1 aliphatic heterocycles. The van der Waals surface area contributed by atoms with Gasteiger partial charge in [-0.3, -0.25) is 4.79 Å². The van der Waals surface area contributed by atoms with Crippen molar-refractivity contribution in [1.82, 2.24) is 4.90 Å². The summed E-state index contributed by atoms with van der Waals surface area (Å²) < 4.78 is 25.3. The molecule has 1 fully saturated rings. The van der Waals surface area contributed by atoms with Crippen LogP contribution < -0.4 is 0 Å². The maximum atomic E-state index is 12.6. The van der Waals surface area contributed by atoms with E-state index in [0.29, 0.717) is 36.5 Å². The number of amides is 1. The molecular weight excluding hydrogens is 358 g/mol. The minimum absolute atomic E-state index is 0.0563. The van der Waals surface area contributed by atoms with E-state index in [2.05, 4.69) is 0 Å². The Morgan fingerprint density at radius 3 is 2.36 bits per heavy atom. The van der Waals surface area contributed by atoms with Gasteiger partial charge in [0.05, 0.1) is 11.0 Å². The van der Waals surface area contributed by atoms with Crippen LogP contribution in [0.4, 0.5) is 0 Å². The predicted molar refractivity (Wildman–Crippen MR) is 99.4 cm³/mol. The number of rotatable bonds is 4. The molecular formula is C19H20ClNO3S. The van der Waals surface area contributed by atoms with Crippen LogP contribution in [0.2, 0.25) is 5.02 Å². The molecule has 0 radical (unpaired) electrons. The van der Waals surface area contributed by atoms with Crippen LogP contribution in [0.5, 0.6) is 0 Å². The molecule has 1 heterocycles. The first-order valence-electron chi connectivity index (χ1n) is 8.26. The molecule has 0 saturated carbocycles. The number of halogens is 1. The van der Waals surface area contributed by atoms with E-state index in [1.54, 1.807) is 29.2 Å². The molecule has 1 amide bonds. The highest BCUT2D eigenvalue weighted by atomic mass is 35.5. The molecule has 0 bridgehead atoms. The molecule has 0 unspecified atom stereocenters. The standard InChI is InChI=1S/C19H20ClNO3S/c20-17-8-4-7-16(13-17)19(22)21-11-9-18(10-12-21)25(23,24)14-15-5-2-1-3-6-15/h1-8,13,18H,9-12,14H2. The Bertz CT molecular complexity index is 844. The molecule has 0 aromatic heterocycles. The van der Waals surface area contributed by atoms with Crippen molar-refractivity contribution in [3.8, 4) is 0 Å². The first kappa shape index (κ1) is 18.0. The number of hydrogen-bond donors (Lipinski definition) is 0. The number of benzene rings is 2. The van der Waals surface area contributed by atoms with Gasteiger partial charge in [-0.1, -0.05) is 48.0 Å². The van der Waals surface area contributed by atoms with Crippen molar-refractivity contribution in [3.63, 3.8) is 0 Å². The summed E-state index contributed by atoms with van der Waals surface area (Å²) in [7, 11) is -3.22. The lowest BCUT2D eigenvalue weighted by Crippen LogP contribution is -2.42. The predicted octanol–water partition coefficient (Wildman–Crippen LogP) is 3.56. The molecule has 0 N–H and O–H groups in total. The van der Waals surface area contributed by atoms with E-state index in [4.69, 9.17) is 11.6 Å². The van der Waals surface area contributed by atoms with Gasteiger partial charge in [-0.25, -0.2) is 8.42 Å². The van der Waals surface area contributed by atoms with Crippen LogP contribution in [0.3, 0.4) is 0 Å². The SMILES string of the molecule is O=C(c1cccc(Cl)c1)N1CCC(S(=O)(=O)Cc2ccccc2)CC1. The van der Waals surface area contributed by atoms with Crippen molar-refractivity contribution in [2.45, 2.75) is 23.8 Å². The molecule has 132 valence electrons. The molecule has 0 spiro atoms. The smallest absolute Gasteiger partial charge is 0.253 e. The lowest BCUT2D eigenvalue weighted by molar-refractivity contribution is 0.0725. The van der Waals surface area contributed by atoms with E-state index in [1.165, 1.54) is 0 Å². The van der Waals surface area contributed by atoms with Crippen LogP contribution in [0.25, 0.3) is 0 Å². The zero-order chi connectivity index (χ0) is 17.9. The summed E-state index contributed by atoms with van der Waals surface area (Å²) in [6.45, 7) is 0.897. The first-order valence-corrected chi connectivity index (χ1v) is 10.4. The summed E-state index contributed by atoms with van der Waals surface area (Å²) in [5.74, 6) is -0.0396. The highest BCUT2D eigenvalue weighted by Gasteiger charge is 2.31. The number of hydrogen-bond acceptors (Lipinski definition) is 3. The number of likely N-dealkylation sites (tertiary alicyclic amines) is 1. The summed E-state index contributed by atoms with van der Waals surface area (Å²) in [6.07, 6.45) is 0.947. The quantitative estimate of drug-likeness (QED) is 0.818. The fourth-order valence-electron chi connectivity index (χ4n) is 3.15. The zero-order valence-corrected chi connectivity index (χ0v) is 15.3. The van der Waals surface area contributed by atoms with Gasteiger partial charge in [0, 0.05) is 23.7 Å². The molecule has 1 aliphatic rings. The van der Waals surface area contributed by atoms with Gasteiger partial charge in [-0.2, -0.15) is 0 Å². The highest BCUT2D eigenvalue weighted by molar-refractivity contribution is 7.91. The second-order valence-electron chi connectivity index (χ2n) is 6.29. The van der Waals surface area contributed by atoms with Crippen LogP contribution in [-0.2, 0) is 15.6 Å². The lowest BCUT2D eigenvalue weighted by atomic mass is 10.1. The summed E-state index contributed by atoms with van der Waals surface area (Å²) in [6, 6.07) is 16.1. The average molecular weight is 378 g/mol. The van der Waals surface area contributed by atoms with Crippen LogP contribution in [0.1, 0.15) is 28.8 Å². The summed E-state index contributed by atoms with van der Waals surface area (Å²) in [4.78, 5) is 14.2. The number of carbonyl (C=O) groups excluding carboxylic acids is 1. The van der Waals surface area contributed by atoms with Gasteiger partial charge in [0.2, 0.25) is 0 Å². The van der Waals surface area contributed by atoms with Crippen molar-refractivity contribution in [3.05, 3.63) is 70.7 Å². The third-order valence-corrected chi connectivity index (χ3v) is 6.98. The van der Waals surface area contributed by atoms with Gasteiger partial charge >= 0.3 is 0 Å². The Labute approximate surface area is 153 Å². The molecule has 4 nitrogen and oxygen atoms in total. The Balaban J connectivity index is 1.62. The number of sulfone groups is 1. The van der Waals surface area contributed by atoms with Crippen LogP contribution in [0.15, 0.2) is 54.6 Å². The third-order valence-electron chi connectivity index (χ3n) is 4.52. The Hall–Kier alpha value is -1.85. The van der Waals surface area contributed by atoms with Crippen molar-refractivity contribution < 1.29 is 13.2 Å². The Kier molecular flexibility index (Phi) is 5.45. The average Bonchev–Trinajstić information content (AvgIpc) is 2.62. The van der Waals surface area contributed by atoms with Crippen LogP contribution >= 0.6 is 11.6 Å². The van der Waals surface area contributed by atoms with Gasteiger partial charge in [0.15, 0.2) is 9.84 Å². The number of piperidine rings is 1. The fourth-order valence-corrected chi connectivity index (χ4v) is 5.16.